The highest BCUT2D eigenvalue weighted by molar-refractivity contribution is 5.94. The van der Waals surface area contributed by atoms with Crippen molar-refractivity contribution in [1.82, 2.24) is 9.88 Å². The SMILES string of the molecule is CC(=O)N1CC(CCC(=O)NCc2cccn2C)c2ccccc21. The van der Waals surface area contributed by atoms with Gasteiger partial charge in [0.1, 0.15) is 0 Å². The van der Waals surface area contributed by atoms with E-state index in [1.165, 1.54) is 5.56 Å². The zero-order valence-electron chi connectivity index (χ0n) is 14.2. The van der Waals surface area contributed by atoms with Crippen LogP contribution in [0, 0.1) is 0 Å². The number of anilines is 1. The summed E-state index contributed by atoms with van der Waals surface area (Å²) in [6.07, 6.45) is 3.18. The number of rotatable bonds is 5. The third kappa shape index (κ3) is 3.35. The van der Waals surface area contributed by atoms with Gasteiger partial charge >= 0.3 is 0 Å². The highest BCUT2D eigenvalue weighted by Crippen LogP contribution is 2.38. The van der Waals surface area contributed by atoms with Gasteiger partial charge in [-0.15, -0.1) is 0 Å². The van der Waals surface area contributed by atoms with Crippen LogP contribution >= 0.6 is 0 Å². The molecule has 1 unspecified atom stereocenters. The van der Waals surface area contributed by atoms with Gasteiger partial charge in [0.2, 0.25) is 11.8 Å². The highest BCUT2D eigenvalue weighted by atomic mass is 16.2. The van der Waals surface area contributed by atoms with Crippen molar-refractivity contribution in [3.05, 3.63) is 53.9 Å². The van der Waals surface area contributed by atoms with Gasteiger partial charge in [0.15, 0.2) is 0 Å². The molecule has 0 radical (unpaired) electrons. The second-order valence-electron chi connectivity index (χ2n) is 6.31. The van der Waals surface area contributed by atoms with Gasteiger partial charge in [0.05, 0.1) is 6.54 Å². The number of carbonyl (C=O) groups is 2. The van der Waals surface area contributed by atoms with Crippen LogP contribution in [0.4, 0.5) is 5.69 Å². The summed E-state index contributed by atoms with van der Waals surface area (Å²) in [4.78, 5) is 25.7. The fourth-order valence-corrected chi connectivity index (χ4v) is 3.30. The monoisotopic (exact) mass is 325 g/mol. The fourth-order valence-electron chi connectivity index (χ4n) is 3.30. The number of amides is 2. The number of aromatic nitrogens is 1. The van der Waals surface area contributed by atoms with Crippen LogP contribution in [-0.2, 0) is 23.2 Å². The lowest BCUT2D eigenvalue weighted by Crippen LogP contribution is -2.28. The standard InChI is InChI=1S/C19H23N3O2/c1-14(23)22-13-15(17-7-3-4-8-18(17)22)9-10-19(24)20-12-16-6-5-11-21(16)2/h3-8,11,15H,9-10,12-13H2,1-2H3,(H,20,24). The molecule has 0 fully saturated rings. The first-order valence-corrected chi connectivity index (χ1v) is 8.30. The second-order valence-corrected chi connectivity index (χ2v) is 6.31. The summed E-state index contributed by atoms with van der Waals surface area (Å²) in [7, 11) is 1.97. The number of nitrogens with zero attached hydrogens (tertiary/aromatic N) is 2. The van der Waals surface area contributed by atoms with Crippen molar-refractivity contribution in [3.8, 4) is 0 Å². The van der Waals surface area contributed by atoms with Crippen LogP contribution in [0.1, 0.15) is 36.9 Å². The van der Waals surface area contributed by atoms with Crippen LogP contribution in [0.3, 0.4) is 0 Å². The number of benzene rings is 1. The van der Waals surface area contributed by atoms with E-state index >= 15 is 0 Å². The molecule has 2 aromatic rings. The number of carbonyl (C=O) groups excluding carboxylic acids is 2. The van der Waals surface area contributed by atoms with Gasteiger partial charge < -0.3 is 14.8 Å². The molecule has 0 bridgehead atoms. The number of nitrogens with one attached hydrogen (secondary N) is 1. The minimum absolute atomic E-state index is 0.0509. The van der Waals surface area contributed by atoms with Gasteiger partial charge in [-0.05, 0) is 30.2 Å². The first-order chi connectivity index (χ1) is 11.6. The van der Waals surface area contributed by atoms with Gasteiger partial charge in [0, 0.05) is 50.4 Å². The fraction of sp³-hybridized carbons (Fsp3) is 0.368. The average Bonchev–Trinajstić information content (AvgIpc) is 3.14. The van der Waals surface area contributed by atoms with E-state index in [9.17, 15) is 9.59 Å². The Bertz CT molecular complexity index is 751. The largest absolute Gasteiger partial charge is 0.353 e. The maximum atomic E-state index is 12.1. The Kier molecular flexibility index (Phi) is 4.69. The molecule has 3 rings (SSSR count). The summed E-state index contributed by atoms with van der Waals surface area (Å²) >= 11 is 0. The summed E-state index contributed by atoms with van der Waals surface area (Å²) in [5.74, 6) is 0.332. The Labute approximate surface area is 142 Å². The van der Waals surface area contributed by atoms with Crippen molar-refractivity contribution in [1.29, 1.82) is 0 Å². The summed E-state index contributed by atoms with van der Waals surface area (Å²) < 4.78 is 2.00. The summed E-state index contributed by atoms with van der Waals surface area (Å²) in [6.45, 7) is 2.80. The van der Waals surface area contributed by atoms with Gasteiger partial charge in [-0.2, -0.15) is 0 Å². The Morgan fingerprint density at radius 3 is 2.71 bits per heavy atom. The van der Waals surface area contributed by atoms with Gasteiger partial charge in [-0.25, -0.2) is 0 Å². The molecular weight excluding hydrogens is 302 g/mol. The molecule has 1 aliphatic rings. The minimum atomic E-state index is 0.0509. The zero-order valence-corrected chi connectivity index (χ0v) is 14.2. The molecule has 5 heteroatoms. The van der Waals surface area contributed by atoms with Crippen molar-refractivity contribution < 1.29 is 9.59 Å². The van der Waals surface area contributed by atoms with Crippen molar-refractivity contribution in [2.75, 3.05) is 11.4 Å². The molecule has 2 heterocycles. The van der Waals surface area contributed by atoms with E-state index < -0.39 is 0 Å². The topological polar surface area (TPSA) is 54.3 Å². The Morgan fingerprint density at radius 1 is 1.21 bits per heavy atom. The highest BCUT2D eigenvalue weighted by Gasteiger charge is 2.30. The second kappa shape index (κ2) is 6.91. The maximum absolute atomic E-state index is 12.1. The summed E-state index contributed by atoms with van der Waals surface area (Å²) in [5.41, 5.74) is 3.24. The molecule has 0 aliphatic carbocycles. The normalized spacial score (nSPS) is 16.1. The molecule has 1 aromatic heterocycles. The van der Waals surface area contributed by atoms with Crippen LogP contribution in [0.25, 0.3) is 0 Å². The minimum Gasteiger partial charge on any atom is -0.353 e. The van der Waals surface area contributed by atoms with Crippen molar-refractivity contribution >= 4 is 17.5 Å². The van der Waals surface area contributed by atoms with Crippen LogP contribution in [0.15, 0.2) is 42.6 Å². The number of fused-ring (bicyclic) bond motifs is 1. The lowest BCUT2D eigenvalue weighted by molar-refractivity contribution is -0.121. The van der Waals surface area contributed by atoms with Crippen molar-refractivity contribution in [2.24, 2.45) is 7.05 Å². The van der Waals surface area contributed by atoms with Crippen LogP contribution in [0.2, 0.25) is 0 Å². The van der Waals surface area contributed by atoms with Crippen molar-refractivity contribution in [3.63, 3.8) is 0 Å². The molecule has 1 aliphatic heterocycles. The van der Waals surface area contributed by atoms with E-state index in [4.69, 9.17) is 0 Å². The molecular formula is C19H23N3O2. The van der Waals surface area contributed by atoms with Crippen LogP contribution in [-0.4, -0.2) is 22.9 Å². The summed E-state index contributed by atoms with van der Waals surface area (Å²) in [5, 5.41) is 2.97. The zero-order chi connectivity index (χ0) is 17.1. The predicted octanol–water partition coefficient (Wildman–Crippen LogP) is 2.57. The Hall–Kier alpha value is -2.56. The number of hydrogen-bond donors (Lipinski definition) is 1. The lowest BCUT2D eigenvalue weighted by atomic mass is 9.96. The molecule has 1 atom stereocenters. The molecule has 0 saturated heterocycles. The average molecular weight is 325 g/mol. The smallest absolute Gasteiger partial charge is 0.223 e. The van der Waals surface area contributed by atoms with E-state index in [1.807, 2.05) is 53.0 Å². The van der Waals surface area contributed by atoms with Crippen molar-refractivity contribution in [2.45, 2.75) is 32.2 Å². The Morgan fingerprint density at radius 2 is 2.00 bits per heavy atom. The van der Waals surface area contributed by atoms with Gasteiger partial charge in [-0.3, -0.25) is 9.59 Å². The van der Waals surface area contributed by atoms with Gasteiger partial charge in [0.25, 0.3) is 0 Å². The lowest BCUT2D eigenvalue weighted by Gasteiger charge is -2.15. The molecule has 1 aromatic carbocycles. The number of aryl methyl sites for hydroxylation is 1. The molecule has 24 heavy (non-hydrogen) atoms. The van der Waals surface area contributed by atoms with E-state index in [0.717, 1.165) is 17.8 Å². The number of hydrogen-bond acceptors (Lipinski definition) is 2. The first kappa shape index (κ1) is 16.3. The molecule has 0 saturated carbocycles. The maximum Gasteiger partial charge on any atom is 0.223 e. The quantitative estimate of drug-likeness (QED) is 0.918. The molecule has 5 nitrogen and oxygen atoms in total. The first-order valence-electron chi connectivity index (χ1n) is 8.30. The number of para-hydroxylation sites is 1. The molecule has 126 valence electrons. The van der Waals surface area contributed by atoms with E-state index in [1.54, 1.807) is 6.92 Å². The van der Waals surface area contributed by atoms with Gasteiger partial charge in [-0.1, -0.05) is 18.2 Å². The molecule has 2 amide bonds. The molecule has 1 N–H and O–H groups in total. The van der Waals surface area contributed by atoms with Crippen LogP contribution in [0.5, 0.6) is 0 Å². The Balaban J connectivity index is 1.56. The third-order valence-electron chi connectivity index (χ3n) is 4.69. The van der Waals surface area contributed by atoms with E-state index in [2.05, 4.69) is 11.4 Å². The third-order valence-corrected chi connectivity index (χ3v) is 4.69. The van der Waals surface area contributed by atoms with E-state index in [0.29, 0.717) is 19.5 Å². The predicted molar refractivity (Wildman–Crippen MR) is 93.7 cm³/mol. The van der Waals surface area contributed by atoms with E-state index in [-0.39, 0.29) is 17.7 Å². The summed E-state index contributed by atoms with van der Waals surface area (Å²) in [6, 6.07) is 11.9. The van der Waals surface area contributed by atoms with Crippen LogP contribution < -0.4 is 10.2 Å². The molecule has 0 spiro atoms.